The summed E-state index contributed by atoms with van der Waals surface area (Å²) >= 11 is 0. The van der Waals surface area contributed by atoms with Crippen LogP contribution in [0.25, 0.3) is 11.5 Å². The first-order chi connectivity index (χ1) is 12.5. The van der Waals surface area contributed by atoms with Crippen molar-refractivity contribution in [1.29, 1.82) is 0 Å². The molecular formula is C21H21NO4. The van der Waals surface area contributed by atoms with Crippen LogP contribution in [-0.2, 0) is 17.6 Å². The number of carbonyl (C=O) groups is 1. The predicted molar refractivity (Wildman–Crippen MR) is 98.4 cm³/mol. The highest BCUT2D eigenvalue weighted by atomic mass is 16.5. The number of oxazole rings is 1. The summed E-state index contributed by atoms with van der Waals surface area (Å²) in [6.07, 6.45) is 0.601. The van der Waals surface area contributed by atoms with Crippen LogP contribution in [0.15, 0.2) is 52.9 Å². The van der Waals surface area contributed by atoms with E-state index in [0.29, 0.717) is 24.7 Å². The van der Waals surface area contributed by atoms with E-state index in [4.69, 9.17) is 14.3 Å². The fraction of sp³-hybridized carbons (Fsp3) is 0.238. The summed E-state index contributed by atoms with van der Waals surface area (Å²) in [6.45, 7) is 4.37. The van der Waals surface area contributed by atoms with E-state index in [9.17, 15) is 4.79 Å². The number of benzene rings is 2. The van der Waals surface area contributed by atoms with Crippen molar-refractivity contribution in [1.82, 2.24) is 4.98 Å². The fourth-order valence-electron chi connectivity index (χ4n) is 2.77. The van der Waals surface area contributed by atoms with Crippen LogP contribution in [0.1, 0.15) is 22.6 Å². The Morgan fingerprint density at radius 2 is 1.96 bits per heavy atom. The molecule has 3 rings (SSSR count). The molecule has 0 amide bonds. The van der Waals surface area contributed by atoms with Crippen LogP contribution in [0.3, 0.4) is 0 Å². The molecule has 0 saturated carbocycles. The third-order valence-electron chi connectivity index (χ3n) is 4.13. The van der Waals surface area contributed by atoms with Crippen molar-refractivity contribution in [2.75, 3.05) is 6.61 Å². The number of nitrogens with zero attached hydrogens (tertiary/aromatic N) is 1. The topological polar surface area (TPSA) is 72.6 Å². The van der Waals surface area contributed by atoms with Crippen molar-refractivity contribution in [3.05, 3.63) is 71.1 Å². The Hall–Kier alpha value is -3.08. The van der Waals surface area contributed by atoms with Crippen LogP contribution in [0.2, 0.25) is 0 Å². The van der Waals surface area contributed by atoms with E-state index in [2.05, 4.69) is 4.98 Å². The summed E-state index contributed by atoms with van der Waals surface area (Å²) in [4.78, 5) is 15.4. The first-order valence-electron chi connectivity index (χ1n) is 8.49. The van der Waals surface area contributed by atoms with E-state index in [1.165, 1.54) is 0 Å². The van der Waals surface area contributed by atoms with Crippen molar-refractivity contribution in [3.63, 3.8) is 0 Å². The van der Waals surface area contributed by atoms with Gasteiger partial charge in [-0.05, 0) is 43.2 Å². The molecule has 5 nitrogen and oxygen atoms in total. The predicted octanol–water partition coefficient (Wildman–Crippen LogP) is 4.21. The van der Waals surface area contributed by atoms with Crippen LogP contribution in [0, 0.1) is 13.8 Å². The molecule has 26 heavy (non-hydrogen) atoms. The Balaban J connectivity index is 1.64. The minimum atomic E-state index is -0.857. The normalized spacial score (nSPS) is 10.7. The van der Waals surface area contributed by atoms with Gasteiger partial charge in [0, 0.05) is 12.0 Å². The van der Waals surface area contributed by atoms with Crippen LogP contribution in [0.5, 0.6) is 5.75 Å². The van der Waals surface area contributed by atoms with Crippen LogP contribution < -0.4 is 4.74 Å². The maximum absolute atomic E-state index is 10.8. The molecule has 0 fully saturated rings. The average molecular weight is 351 g/mol. The second-order valence-corrected chi connectivity index (χ2v) is 6.15. The molecule has 134 valence electrons. The minimum absolute atomic E-state index is 0.0145. The van der Waals surface area contributed by atoms with E-state index < -0.39 is 5.97 Å². The van der Waals surface area contributed by atoms with Gasteiger partial charge in [-0.25, -0.2) is 4.98 Å². The third-order valence-corrected chi connectivity index (χ3v) is 4.13. The van der Waals surface area contributed by atoms with E-state index >= 15 is 0 Å². The van der Waals surface area contributed by atoms with Crippen molar-refractivity contribution >= 4 is 5.97 Å². The molecule has 0 atom stereocenters. The summed E-state index contributed by atoms with van der Waals surface area (Å²) in [5, 5.41) is 8.87. The quantitative estimate of drug-likeness (QED) is 0.690. The zero-order chi connectivity index (χ0) is 18.5. The summed E-state index contributed by atoms with van der Waals surface area (Å²) in [7, 11) is 0. The lowest BCUT2D eigenvalue weighted by Crippen LogP contribution is -2.04. The molecule has 0 aliphatic heterocycles. The lowest BCUT2D eigenvalue weighted by atomic mass is 10.1. The number of aliphatic carboxylic acids is 1. The monoisotopic (exact) mass is 351 g/mol. The first-order valence-corrected chi connectivity index (χ1v) is 8.49. The Labute approximate surface area is 152 Å². The molecule has 1 heterocycles. The Bertz CT molecular complexity index is 914. The van der Waals surface area contributed by atoms with E-state index in [1.807, 2.05) is 44.2 Å². The fourth-order valence-corrected chi connectivity index (χ4v) is 2.77. The zero-order valence-corrected chi connectivity index (χ0v) is 14.9. The highest BCUT2D eigenvalue weighted by Gasteiger charge is 2.13. The van der Waals surface area contributed by atoms with Crippen molar-refractivity contribution in [2.45, 2.75) is 26.7 Å². The molecule has 2 aromatic carbocycles. The van der Waals surface area contributed by atoms with Gasteiger partial charge in [0.2, 0.25) is 5.89 Å². The van der Waals surface area contributed by atoms with Gasteiger partial charge in [-0.3, -0.25) is 4.79 Å². The van der Waals surface area contributed by atoms with Gasteiger partial charge in [-0.1, -0.05) is 30.3 Å². The molecule has 0 unspecified atom stereocenters. The Morgan fingerprint density at radius 1 is 1.15 bits per heavy atom. The second kappa shape index (κ2) is 7.87. The van der Waals surface area contributed by atoms with E-state index in [0.717, 1.165) is 28.1 Å². The first kappa shape index (κ1) is 17.7. The van der Waals surface area contributed by atoms with Crippen molar-refractivity contribution in [3.8, 4) is 17.2 Å². The molecule has 5 heteroatoms. The number of hydrogen-bond donors (Lipinski definition) is 1. The van der Waals surface area contributed by atoms with Gasteiger partial charge < -0.3 is 14.3 Å². The molecular weight excluding hydrogens is 330 g/mol. The highest BCUT2D eigenvalue weighted by molar-refractivity contribution is 5.70. The standard InChI is InChI=1S/C21H21NO4/c1-14-6-3-4-9-18(14)21-22-19(15(2)26-21)10-11-25-17-8-5-7-16(12-17)13-20(23)24/h3-9,12H,10-11,13H2,1-2H3,(H,23,24). The maximum atomic E-state index is 10.8. The number of rotatable bonds is 7. The summed E-state index contributed by atoms with van der Waals surface area (Å²) in [5.41, 5.74) is 3.69. The number of carboxylic acid groups (broad SMARTS) is 1. The molecule has 3 aromatic rings. The maximum Gasteiger partial charge on any atom is 0.307 e. The van der Waals surface area contributed by atoms with Gasteiger partial charge in [0.1, 0.15) is 11.5 Å². The van der Waals surface area contributed by atoms with Gasteiger partial charge in [0.05, 0.1) is 18.7 Å². The largest absolute Gasteiger partial charge is 0.493 e. The number of carboxylic acids is 1. The Kier molecular flexibility index (Phi) is 5.37. The van der Waals surface area contributed by atoms with Crippen molar-refractivity contribution in [2.24, 2.45) is 0 Å². The lowest BCUT2D eigenvalue weighted by Gasteiger charge is -2.06. The molecule has 0 bridgehead atoms. The van der Waals surface area contributed by atoms with E-state index in [1.54, 1.807) is 18.2 Å². The molecule has 0 radical (unpaired) electrons. The number of aryl methyl sites for hydroxylation is 2. The van der Waals surface area contributed by atoms with Crippen LogP contribution in [-0.4, -0.2) is 22.7 Å². The van der Waals surface area contributed by atoms with Gasteiger partial charge in [0.25, 0.3) is 0 Å². The SMILES string of the molecule is Cc1ccccc1-c1nc(CCOc2cccc(CC(=O)O)c2)c(C)o1. The molecule has 0 aliphatic carbocycles. The van der Waals surface area contributed by atoms with Gasteiger partial charge >= 0.3 is 5.97 Å². The smallest absolute Gasteiger partial charge is 0.307 e. The third kappa shape index (κ3) is 4.30. The minimum Gasteiger partial charge on any atom is -0.493 e. The summed E-state index contributed by atoms with van der Waals surface area (Å²) in [6, 6.07) is 15.1. The van der Waals surface area contributed by atoms with Crippen LogP contribution >= 0.6 is 0 Å². The lowest BCUT2D eigenvalue weighted by molar-refractivity contribution is -0.136. The average Bonchev–Trinajstić information content (AvgIpc) is 2.96. The molecule has 0 spiro atoms. The van der Waals surface area contributed by atoms with Gasteiger partial charge in [-0.15, -0.1) is 0 Å². The van der Waals surface area contributed by atoms with Crippen LogP contribution in [0.4, 0.5) is 0 Å². The molecule has 1 aromatic heterocycles. The number of aromatic nitrogens is 1. The van der Waals surface area contributed by atoms with E-state index in [-0.39, 0.29) is 6.42 Å². The summed E-state index contributed by atoms with van der Waals surface area (Å²) in [5.74, 6) is 1.21. The van der Waals surface area contributed by atoms with Gasteiger partial charge in [-0.2, -0.15) is 0 Å². The zero-order valence-electron chi connectivity index (χ0n) is 14.9. The van der Waals surface area contributed by atoms with Crippen molar-refractivity contribution < 1.29 is 19.1 Å². The number of hydrogen-bond acceptors (Lipinski definition) is 4. The molecule has 1 N–H and O–H groups in total. The molecule has 0 saturated heterocycles. The van der Waals surface area contributed by atoms with Gasteiger partial charge in [0.15, 0.2) is 0 Å². The highest BCUT2D eigenvalue weighted by Crippen LogP contribution is 2.25. The second-order valence-electron chi connectivity index (χ2n) is 6.15. The Morgan fingerprint density at radius 3 is 2.73 bits per heavy atom. The summed E-state index contributed by atoms with van der Waals surface area (Å²) < 4.78 is 11.6. The number of ether oxygens (including phenoxy) is 1. The molecule has 0 aliphatic rings.